The van der Waals surface area contributed by atoms with Crippen LogP contribution in [0.15, 0.2) is 18.2 Å². The maximum atomic E-state index is 14.2. The van der Waals surface area contributed by atoms with Crippen molar-refractivity contribution in [2.24, 2.45) is 5.92 Å². The number of amides is 3. The van der Waals surface area contributed by atoms with E-state index >= 15 is 0 Å². The molecule has 8 heteroatoms. The van der Waals surface area contributed by atoms with E-state index < -0.39 is 23.8 Å². The molecule has 0 bridgehead atoms. The molecule has 0 heterocycles. The maximum absolute atomic E-state index is 14.2. The molecule has 1 aromatic rings. The normalized spacial score (nSPS) is 17.0. The minimum absolute atomic E-state index is 0.0663. The van der Waals surface area contributed by atoms with Gasteiger partial charge in [0.1, 0.15) is 23.4 Å². The van der Waals surface area contributed by atoms with E-state index in [2.05, 4.69) is 10.6 Å². The first-order valence-corrected chi connectivity index (χ1v) is 13.7. The van der Waals surface area contributed by atoms with Gasteiger partial charge in [-0.15, -0.1) is 0 Å². The fourth-order valence-electron chi connectivity index (χ4n) is 4.72. The van der Waals surface area contributed by atoms with E-state index in [-0.39, 0.29) is 35.6 Å². The van der Waals surface area contributed by atoms with Gasteiger partial charge in [0, 0.05) is 12.1 Å². The van der Waals surface area contributed by atoms with Crippen LogP contribution < -0.4 is 10.6 Å². The minimum atomic E-state index is -0.912. The van der Waals surface area contributed by atoms with Crippen LogP contribution in [-0.4, -0.2) is 51.6 Å². The third-order valence-corrected chi connectivity index (χ3v) is 6.94. The lowest BCUT2D eigenvalue weighted by Gasteiger charge is -2.40. The molecule has 0 radical (unpaired) electrons. The summed E-state index contributed by atoms with van der Waals surface area (Å²) in [5.41, 5.74) is 0.533. The van der Waals surface area contributed by atoms with Crippen LogP contribution >= 0.6 is 0 Å². The van der Waals surface area contributed by atoms with Gasteiger partial charge in [0.2, 0.25) is 11.8 Å². The van der Waals surface area contributed by atoms with E-state index in [1.54, 1.807) is 50.8 Å². The molecule has 0 aliphatic heterocycles. The highest BCUT2D eigenvalue weighted by molar-refractivity contribution is 5.92. The van der Waals surface area contributed by atoms with Gasteiger partial charge in [-0.05, 0) is 83.1 Å². The number of carbonyl (C=O) groups is 3. The fourth-order valence-corrected chi connectivity index (χ4v) is 4.72. The van der Waals surface area contributed by atoms with Gasteiger partial charge in [0.15, 0.2) is 0 Å². The van der Waals surface area contributed by atoms with Gasteiger partial charge in [0.25, 0.3) is 0 Å². The van der Waals surface area contributed by atoms with Gasteiger partial charge < -0.3 is 25.4 Å². The van der Waals surface area contributed by atoms with E-state index in [1.165, 1.54) is 0 Å². The zero-order chi connectivity index (χ0) is 27.9. The third-order valence-electron chi connectivity index (χ3n) is 6.94. The van der Waals surface area contributed by atoms with Crippen LogP contribution in [0.3, 0.4) is 0 Å². The first-order valence-electron chi connectivity index (χ1n) is 13.7. The predicted molar refractivity (Wildman–Crippen MR) is 145 cm³/mol. The van der Waals surface area contributed by atoms with Crippen molar-refractivity contribution in [2.75, 3.05) is 0 Å². The van der Waals surface area contributed by atoms with Gasteiger partial charge in [-0.3, -0.25) is 9.59 Å². The van der Waals surface area contributed by atoms with Crippen LogP contribution in [0.25, 0.3) is 0 Å². The van der Waals surface area contributed by atoms with Crippen molar-refractivity contribution in [2.45, 2.75) is 124 Å². The molecule has 1 aromatic carbocycles. The molecule has 3 atom stereocenters. The van der Waals surface area contributed by atoms with Crippen LogP contribution in [0.1, 0.15) is 104 Å². The second kappa shape index (κ2) is 13.2. The minimum Gasteiger partial charge on any atom is -0.508 e. The second-order valence-electron chi connectivity index (χ2n) is 11.7. The summed E-state index contributed by atoms with van der Waals surface area (Å²) in [7, 11) is 0. The molecule has 1 fully saturated rings. The lowest BCUT2D eigenvalue weighted by molar-refractivity contribution is -0.146. The Morgan fingerprint density at radius 2 is 1.73 bits per heavy atom. The summed E-state index contributed by atoms with van der Waals surface area (Å²) in [6, 6.07) is 3.00. The number of nitrogens with zero attached hydrogens (tertiary/aromatic N) is 1. The average molecular weight is 518 g/mol. The van der Waals surface area contributed by atoms with Crippen molar-refractivity contribution >= 4 is 17.9 Å². The Hall–Kier alpha value is -2.77. The zero-order valence-corrected chi connectivity index (χ0v) is 23.9. The first-order chi connectivity index (χ1) is 17.2. The number of aryl methyl sites for hydroxylation is 1. The summed E-state index contributed by atoms with van der Waals surface area (Å²) in [5.74, 6) is -0.700. The van der Waals surface area contributed by atoms with Crippen molar-refractivity contribution in [3.8, 4) is 5.75 Å². The molecule has 1 aliphatic carbocycles. The van der Waals surface area contributed by atoms with Crippen LogP contribution in [0.5, 0.6) is 5.75 Å². The molecular weight excluding hydrogens is 470 g/mol. The molecule has 0 saturated heterocycles. The Kier molecular flexibility index (Phi) is 10.8. The van der Waals surface area contributed by atoms with Crippen molar-refractivity contribution in [3.63, 3.8) is 0 Å². The summed E-state index contributed by atoms with van der Waals surface area (Å²) in [6.07, 6.45) is 5.07. The Bertz CT molecular complexity index is 934. The quantitative estimate of drug-likeness (QED) is 0.408. The predicted octanol–water partition coefficient (Wildman–Crippen LogP) is 5.37. The Balaban J connectivity index is 2.51. The molecule has 1 aliphatic rings. The van der Waals surface area contributed by atoms with Gasteiger partial charge in [-0.2, -0.15) is 0 Å². The SMILES string of the molecule is CCC(C)N(C(=O)C(NC(=O)OC(C)(C)C)C(C)C)C(C(=O)NC1CCCCC1)c1ccc(O)c(C)c1. The molecule has 0 spiro atoms. The van der Waals surface area contributed by atoms with E-state index in [1.807, 2.05) is 27.7 Å². The maximum Gasteiger partial charge on any atom is 0.408 e. The number of hydrogen-bond acceptors (Lipinski definition) is 5. The van der Waals surface area contributed by atoms with Gasteiger partial charge in [-0.25, -0.2) is 4.79 Å². The summed E-state index contributed by atoms with van der Waals surface area (Å²) in [6.45, 7) is 14.7. The highest BCUT2D eigenvalue weighted by Gasteiger charge is 2.40. The lowest BCUT2D eigenvalue weighted by Crippen LogP contribution is -2.57. The number of phenolic OH excluding ortho intramolecular Hbond substituents is 1. The Morgan fingerprint density at radius 1 is 1.11 bits per heavy atom. The molecule has 0 aromatic heterocycles. The Morgan fingerprint density at radius 3 is 2.24 bits per heavy atom. The highest BCUT2D eigenvalue weighted by atomic mass is 16.6. The van der Waals surface area contributed by atoms with Crippen molar-refractivity contribution in [3.05, 3.63) is 29.3 Å². The number of alkyl carbamates (subject to hydrolysis) is 1. The molecule has 2 rings (SSSR count). The molecule has 208 valence electrons. The number of nitrogens with one attached hydrogen (secondary N) is 2. The van der Waals surface area contributed by atoms with Crippen LogP contribution in [0, 0.1) is 12.8 Å². The summed E-state index contributed by atoms with van der Waals surface area (Å²) in [4.78, 5) is 42.3. The smallest absolute Gasteiger partial charge is 0.408 e. The number of phenols is 1. The van der Waals surface area contributed by atoms with E-state index in [0.29, 0.717) is 17.5 Å². The fraction of sp³-hybridized carbons (Fsp3) is 0.690. The third kappa shape index (κ3) is 8.64. The zero-order valence-electron chi connectivity index (χ0n) is 23.9. The molecule has 3 unspecified atom stereocenters. The number of benzene rings is 1. The average Bonchev–Trinajstić information content (AvgIpc) is 2.81. The first kappa shape index (κ1) is 30.5. The summed E-state index contributed by atoms with van der Waals surface area (Å²) >= 11 is 0. The molecule has 37 heavy (non-hydrogen) atoms. The van der Waals surface area contributed by atoms with Crippen molar-refractivity contribution in [1.82, 2.24) is 15.5 Å². The van der Waals surface area contributed by atoms with Gasteiger partial charge in [-0.1, -0.05) is 46.1 Å². The highest BCUT2D eigenvalue weighted by Crippen LogP contribution is 2.31. The number of aromatic hydroxyl groups is 1. The standard InChI is InChI=1S/C29H47N3O5/c1-9-20(5)32(27(35)24(18(2)3)31-28(36)37-29(6,7)8)25(21-15-16-23(33)19(4)17-21)26(34)30-22-13-11-10-12-14-22/h15-18,20,22,24-25,33H,9-14H2,1-8H3,(H,30,34)(H,31,36). The van der Waals surface area contributed by atoms with E-state index in [4.69, 9.17) is 4.74 Å². The van der Waals surface area contributed by atoms with Crippen LogP contribution in [0.2, 0.25) is 0 Å². The molecular formula is C29H47N3O5. The molecule has 3 amide bonds. The number of rotatable bonds is 9. The van der Waals surface area contributed by atoms with Crippen molar-refractivity contribution < 1.29 is 24.2 Å². The van der Waals surface area contributed by atoms with Crippen LogP contribution in [-0.2, 0) is 14.3 Å². The second-order valence-corrected chi connectivity index (χ2v) is 11.7. The topological polar surface area (TPSA) is 108 Å². The van der Waals surface area contributed by atoms with Gasteiger partial charge >= 0.3 is 6.09 Å². The summed E-state index contributed by atoms with van der Waals surface area (Å²) in [5, 5.41) is 16.1. The number of hydrogen-bond donors (Lipinski definition) is 3. The Labute approximate surface area is 222 Å². The summed E-state index contributed by atoms with van der Waals surface area (Å²) < 4.78 is 5.43. The van der Waals surface area contributed by atoms with E-state index in [9.17, 15) is 19.5 Å². The van der Waals surface area contributed by atoms with Crippen LogP contribution in [0.4, 0.5) is 4.79 Å². The number of carbonyl (C=O) groups excluding carboxylic acids is 3. The number of ether oxygens (including phenoxy) is 1. The van der Waals surface area contributed by atoms with Crippen molar-refractivity contribution in [1.29, 1.82) is 0 Å². The molecule has 8 nitrogen and oxygen atoms in total. The largest absolute Gasteiger partial charge is 0.508 e. The lowest BCUT2D eigenvalue weighted by atomic mass is 9.93. The molecule has 1 saturated carbocycles. The molecule has 3 N–H and O–H groups in total. The van der Waals surface area contributed by atoms with E-state index in [0.717, 1.165) is 32.1 Å². The van der Waals surface area contributed by atoms with Gasteiger partial charge in [0.05, 0.1) is 0 Å². The monoisotopic (exact) mass is 517 g/mol.